The summed E-state index contributed by atoms with van der Waals surface area (Å²) in [5.74, 6) is 0. The number of rotatable bonds is 18. The molecular weight excluding hydrogens is 406 g/mol. The molecule has 0 heterocycles. The number of hydrogen-bond donors (Lipinski definition) is 1. The van der Waals surface area contributed by atoms with E-state index in [-0.39, 0.29) is 6.04 Å². The molecule has 2 atom stereocenters. The van der Waals surface area contributed by atoms with Crippen molar-refractivity contribution in [2.45, 2.75) is 82.9 Å². The van der Waals surface area contributed by atoms with Crippen LogP contribution in [0.4, 0.5) is 0 Å². The Labute approximate surface area is 192 Å². The summed E-state index contributed by atoms with van der Waals surface area (Å²) in [6.45, 7) is 3.27. The SMILES string of the molecule is CO[Si](CCCCCCCCCCC[N+](C)(C)[C@@H](C)[C@H](O)c1ccccc1)(OC)OC. The Morgan fingerprint density at radius 1 is 0.774 bits per heavy atom. The summed E-state index contributed by atoms with van der Waals surface area (Å²) in [7, 11) is 7.16. The van der Waals surface area contributed by atoms with Crippen LogP contribution in [0.3, 0.4) is 0 Å². The minimum absolute atomic E-state index is 0.179. The van der Waals surface area contributed by atoms with Gasteiger partial charge < -0.3 is 22.9 Å². The van der Waals surface area contributed by atoms with Crippen LogP contribution in [0.5, 0.6) is 0 Å². The Morgan fingerprint density at radius 3 is 1.71 bits per heavy atom. The highest BCUT2D eigenvalue weighted by molar-refractivity contribution is 6.60. The van der Waals surface area contributed by atoms with E-state index in [0.717, 1.165) is 29.1 Å². The molecule has 1 aromatic carbocycles. The van der Waals surface area contributed by atoms with Crippen LogP contribution in [-0.2, 0) is 13.3 Å². The smallest absolute Gasteiger partial charge is 0.382 e. The molecule has 0 aliphatic carbocycles. The fraction of sp³-hybridized carbons (Fsp3) is 0.760. The second-order valence-electron chi connectivity index (χ2n) is 9.33. The van der Waals surface area contributed by atoms with Crippen molar-refractivity contribution in [3.05, 3.63) is 35.9 Å². The van der Waals surface area contributed by atoms with Crippen molar-refractivity contribution in [3.63, 3.8) is 0 Å². The highest BCUT2D eigenvalue weighted by Gasteiger charge is 2.36. The second-order valence-corrected chi connectivity index (χ2v) is 12.4. The lowest BCUT2D eigenvalue weighted by atomic mass is 10.0. The van der Waals surface area contributed by atoms with E-state index in [2.05, 4.69) is 21.0 Å². The lowest BCUT2D eigenvalue weighted by Crippen LogP contribution is -2.50. The third-order valence-electron chi connectivity index (χ3n) is 6.85. The van der Waals surface area contributed by atoms with E-state index in [9.17, 15) is 5.11 Å². The zero-order chi connectivity index (χ0) is 23.2. The number of quaternary nitrogens is 1. The summed E-state index contributed by atoms with van der Waals surface area (Å²) in [4.78, 5) is 0. The predicted molar refractivity (Wildman–Crippen MR) is 131 cm³/mol. The first kappa shape index (κ1) is 28.3. The van der Waals surface area contributed by atoms with Crippen molar-refractivity contribution in [2.24, 2.45) is 0 Å². The minimum Gasteiger partial charge on any atom is -0.382 e. The van der Waals surface area contributed by atoms with Crippen molar-refractivity contribution in [2.75, 3.05) is 42.0 Å². The average molecular weight is 455 g/mol. The van der Waals surface area contributed by atoms with Gasteiger partial charge in [-0.3, -0.25) is 0 Å². The molecule has 1 rings (SSSR count). The van der Waals surface area contributed by atoms with E-state index < -0.39 is 14.9 Å². The van der Waals surface area contributed by atoms with Crippen molar-refractivity contribution in [1.29, 1.82) is 0 Å². The van der Waals surface area contributed by atoms with E-state index in [1.165, 1.54) is 51.4 Å². The van der Waals surface area contributed by atoms with E-state index in [1.807, 2.05) is 30.3 Å². The van der Waals surface area contributed by atoms with Crippen LogP contribution in [0.25, 0.3) is 0 Å². The largest absolute Gasteiger partial charge is 0.500 e. The molecule has 0 fully saturated rings. The van der Waals surface area contributed by atoms with Crippen LogP contribution < -0.4 is 0 Å². The topological polar surface area (TPSA) is 47.9 Å². The summed E-state index contributed by atoms with van der Waals surface area (Å²) < 4.78 is 17.3. The standard InChI is InChI=1S/C25H48NO4Si/c1-23(25(27)24-19-15-14-16-20-24)26(2,3)21-17-12-10-8-7-9-11-13-18-22-31(28-4,29-5)30-6/h14-16,19-20,23,25,27H,7-13,17-18,21-22H2,1-6H3/q+1/t23-,25-/m0/s1. The molecule has 1 aromatic rings. The fourth-order valence-corrected chi connectivity index (χ4v) is 5.96. The molecule has 0 aliphatic heterocycles. The van der Waals surface area contributed by atoms with Gasteiger partial charge in [-0.2, -0.15) is 0 Å². The van der Waals surface area contributed by atoms with E-state index in [4.69, 9.17) is 13.3 Å². The van der Waals surface area contributed by atoms with Gasteiger partial charge in [-0.25, -0.2) is 0 Å². The maximum absolute atomic E-state index is 10.7. The van der Waals surface area contributed by atoms with E-state index in [0.29, 0.717) is 0 Å². The maximum Gasteiger partial charge on any atom is 0.500 e. The van der Waals surface area contributed by atoms with Crippen LogP contribution >= 0.6 is 0 Å². The Balaban J connectivity index is 2.10. The summed E-state index contributed by atoms with van der Waals surface area (Å²) in [5, 5.41) is 10.7. The third kappa shape index (κ3) is 10.1. The van der Waals surface area contributed by atoms with Gasteiger partial charge in [-0.05, 0) is 31.7 Å². The monoisotopic (exact) mass is 454 g/mol. The zero-order valence-corrected chi connectivity index (χ0v) is 21.9. The predicted octanol–water partition coefficient (Wildman–Crippen LogP) is 5.57. The minimum atomic E-state index is -2.38. The summed E-state index contributed by atoms with van der Waals surface area (Å²) in [6, 6.07) is 11.1. The van der Waals surface area contributed by atoms with Crippen molar-refractivity contribution in [3.8, 4) is 0 Å². The molecule has 0 radical (unpaired) electrons. The number of nitrogens with zero attached hydrogens (tertiary/aromatic N) is 1. The second kappa shape index (κ2) is 15.1. The third-order valence-corrected chi connectivity index (χ3v) is 9.68. The van der Waals surface area contributed by atoms with Crippen molar-refractivity contribution in [1.82, 2.24) is 0 Å². The molecule has 0 aliphatic rings. The molecular formula is C25H48NO4Si+. The zero-order valence-electron chi connectivity index (χ0n) is 20.9. The molecule has 0 unspecified atom stereocenters. The number of unbranched alkanes of at least 4 members (excludes halogenated alkanes) is 8. The van der Waals surface area contributed by atoms with Gasteiger partial charge in [0.05, 0.1) is 20.6 Å². The van der Waals surface area contributed by atoms with Gasteiger partial charge in [0.25, 0.3) is 0 Å². The molecule has 0 amide bonds. The van der Waals surface area contributed by atoms with E-state index >= 15 is 0 Å². The average Bonchev–Trinajstić information content (AvgIpc) is 2.80. The van der Waals surface area contributed by atoms with E-state index in [1.54, 1.807) is 21.3 Å². The summed E-state index contributed by atoms with van der Waals surface area (Å²) >= 11 is 0. The van der Waals surface area contributed by atoms with Crippen LogP contribution in [0.2, 0.25) is 6.04 Å². The molecule has 6 heteroatoms. The van der Waals surface area contributed by atoms with Crippen molar-refractivity contribution < 1.29 is 22.9 Å². The molecule has 5 nitrogen and oxygen atoms in total. The van der Waals surface area contributed by atoms with Crippen LogP contribution in [-0.4, -0.2) is 66.4 Å². The number of aliphatic hydroxyl groups excluding tert-OH is 1. The number of likely N-dealkylation sites (N-methyl/N-ethyl adjacent to an activating group) is 1. The molecule has 180 valence electrons. The van der Waals surface area contributed by atoms with Crippen molar-refractivity contribution >= 4 is 8.80 Å². The van der Waals surface area contributed by atoms with Gasteiger partial charge in [-0.15, -0.1) is 0 Å². The van der Waals surface area contributed by atoms with Gasteiger partial charge >= 0.3 is 8.80 Å². The lowest BCUT2D eigenvalue weighted by molar-refractivity contribution is -0.917. The highest BCUT2D eigenvalue weighted by atomic mass is 28.4. The quantitative estimate of drug-likeness (QED) is 0.179. The maximum atomic E-state index is 10.7. The van der Waals surface area contributed by atoms with Crippen LogP contribution in [0, 0.1) is 0 Å². The normalized spacial score (nSPS) is 14.5. The van der Waals surface area contributed by atoms with Gasteiger partial charge in [0.2, 0.25) is 0 Å². The first-order valence-electron chi connectivity index (χ1n) is 12.0. The van der Waals surface area contributed by atoms with Gasteiger partial charge in [0.15, 0.2) is 0 Å². The van der Waals surface area contributed by atoms with Gasteiger partial charge in [0, 0.05) is 27.4 Å². The Bertz CT molecular complexity index is 558. The molecule has 0 spiro atoms. The Kier molecular flexibility index (Phi) is 13.8. The summed E-state index contributed by atoms with van der Waals surface area (Å²) in [5.41, 5.74) is 1.01. The first-order chi connectivity index (χ1) is 14.8. The highest BCUT2D eigenvalue weighted by Crippen LogP contribution is 2.24. The first-order valence-corrected chi connectivity index (χ1v) is 14.0. The number of benzene rings is 1. The molecule has 0 aromatic heterocycles. The number of aliphatic hydroxyl groups is 1. The van der Waals surface area contributed by atoms with Gasteiger partial charge in [-0.1, -0.05) is 68.9 Å². The molecule has 31 heavy (non-hydrogen) atoms. The lowest BCUT2D eigenvalue weighted by Gasteiger charge is -2.38. The molecule has 0 saturated heterocycles. The summed E-state index contributed by atoms with van der Waals surface area (Å²) in [6.07, 6.45) is 11.0. The molecule has 0 bridgehead atoms. The van der Waals surface area contributed by atoms with Crippen LogP contribution in [0.1, 0.15) is 76.4 Å². The Morgan fingerprint density at radius 2 is 1.23 bits per heavy atom. The number of hydrogen-bond acceptors (Lipinski definition) is 4. The van der Waals surface area contributed by atoms with Crippen LogP contribution in [0.15, 0.2) is 30.3 Å². The Hall–Kier alpha value is -0.763. The molecule has 0 saturated carbocycles. The molecule has 1 N–H and O–H groups in total. The van der Waals surface area contributed by atoms with Gasteiger partial charge in [0.1, 0.15) is 12.1 Å². The fourth-order valence-electron chi connectivity index (χ4n) is 4.17.